The molecule has 0 saturated heterocycles. The van der Waals surface area contributed by atoms with Crippen LogP contribution in [0.4, 0.5) is 16.2 Å². The number of hydrogen-bond acceptors (Lipinski definition) is 6. The first kappa shape index (κ1) is 23.7. The third-order valence-electron chi connectivity index (χ3n) is 4.63. The molecule has 33 heavy (non-hydrogen) atoms. The summed E-state index contributed by atoms with van der Waals surface area (Å²) in [6.45, 7) is 3.20. The minimum atomic E-state index is -3.98. The molecule has 1 aromatic heterocycles. The van der Waals surface area contributed by atoms with Crippen molar-refractivity contribution in [3.63, 3.8) is 0 Å². The summed E-state index contributed by atoms with van der Waals surface area (Å²) in [5, 5.41) is 13.3. The standard InChI is InChI=1S/C22H23N3O7S/c1-13-4-10-19(32-13)15-5-8-17(9-6-15)33(29,30)25-18-12-16(7-11-20(18)31-3)24-21(26)14(2)23-22(27)28/h4-12,14,23,25H,1-3H3,(H,24,26)(H,27,28)/t14-/m1/s1. The Labute approximate surface area is 190 Å². The number of furan rings is 1. The highest BCUT2D eigenvalue weighted by atomic mass is 32.2. The molecule has 0 bridgehead atoms. The van der Waals surface area contributed by atoms with E-state index in [4.69, 9.17) is 14.3 Å². The second kappa shape index (κ2) is 9.65. The fourth-order valence-electron chi connectivity index (χ4n) is 2.96. The number of carbonyl (C=O) groups excluding carboxylic acids is 1. The zero-order valence-electron chi connectivity index (χ0n) is 18.1. The normalized spacial score (nSPS) is 12.0. The van der Waals surface area contributed by atoms with Crippen molar-refractivity contribution in [2.75, 3.05) is 17.1 Å². The molecule has 2 amide bonds. The van der Waals surface area contributed by atoms with Crippen molar-refractivity contribution >= 4 is 33.4 Å². The Bertz CT molecular complexity index is 1270. The number of aryl methyl sites for hydroxylation is 1. The van der Waals surface area contributed by atoms with E-state index in [9.17, 15) is 18.0 Å². The van der Waals surface area contributed by atoms with E-state index in [-0.39, 0.29) is 22.0 Å². The average Bonchev–Trinajstić information content (AvgIpc) is 3.19. The van der Waals surface area contributed by atoms with Gasteiger partial charge in [-0.15, -0.1) is 0 Å². The van der Waals surface area contributed by atoms with Crippen LogP contribution in [-0.2, 0) is 14.8 Å². The summed E-state index contributed by atoms with van der Waals surface area (Å²) in [5.41, 5.74) is 1.08. The highest BCUT2D eigenvalue weighted by Gasteiger charge is 2.19. The smallest absolute Gasteiger partial charge is 0.405 e. The van der Waals surface area contributed by atoms with Gasteiger partial charge in [-0.2, -0.15) is 0 Å². The van der Waals surface area contributed by atoms with Crippen LogP contribution in [0.1, 0.15) is 12.7 Å². The van der Waals surface area contributed by atoms with Crippen molar-refractivity contribution in [2.45, 2.75) is 24.8 Å². The molecule has 4 N–H and O–H groups in total. The maximum atomic E-state index is 12.9. The van der Waals surface area contributed by atoms with Gasteiger partial charge in [-0.05, 0) is 68.4 Å². The molecule has 3 aromatic rings. The minimum absolute atomic E-state index is 0.0188. The SMILES string of the molecule is COc1ccc(NC(=O)[C@@H](C)NC(=O)O)cc1NS(=O)(=O)c1ccc(-c2ccc(C)o2)cc1. The van der Waals surface area contributed by atoms with Crippen LogP contribution in [0.3, 0.4) is 0 Å². The molecular formula is C22H23N3O7S. The predicted molar refractivity (Wildman–Crippen MR) is 122 cm³/mol. The van der Waals surface area contributed by atoms with Gasteiger partial charge >= 0.3 is 6.09 Å². The highest BCUT2D eigenvalue weighted by Crippen LogP contribution is 2.31. The van der Waals surface area contributed by atoms with Crippen molar-refractivity contribution in [3.05, 3.63) is 60.4 Å². The van der Waals surface area contributed by atoms with Crippen LogP contribution in [0.25, 0.3) is 11.3 Å². The average molecular weight is 474 g/mol. The Hall–Kier alpha value is -3.99. The van der Waals surface area contributed by atoms with E-state index in [1.54, 1.807) is 18.2 Å². The molecule has 2 aromatic carbocycles. The number of carbonyl (C=O) groups is 2. The Morgan fingerprint density at radius 3 is 2.33 bits per heavy atom. The Balaban J connectivity index is 1.81. The summed E-state index contributed by atoms with van der Waals surface area (Å²) >= 11 is 0. The van der Waals surface area contributed by atoms with E-state index in [0.29, 0.717) is 5.76 Å². The number of anilines is 2. The summed E-state index contributed by atoms with van der Waals surface area (Å²) in [4.78, 5) is 22.9. The van der Waals surface area contributed by atoms with E-state index < -0.39 is 28.1 Å². The monoisotopic (exact) mass is 473 g/mol. The molecule has 0 fully saturated rings. The summed E-state index contributed by atoms with van der Waals surface area (Å²) in [5.74, 6) is 0.993. The number of methoxy groups -OCH3 is 1. The number of hydrogen-bond donors (Lipinski definition) is 4. The fraction of sp³-hybridized carbons (Fsp3) is 0.182. The Morgan fingerprint density at radius 2 is 1.76 bits per heavy atom. The van der Waals surface area contributed by atoms with Crippen LogP contribution in [-0.4, -0.2) is 38.7 Å². The molecule has 10 nitrogen and oxygen atoms in total. The van der Waals surface area contributed by atoms with Crippen molar-refractivity contribution in [1.29, 1.82) is 0 Å². The fourth-order valence-corrected chi connectivity index (χ4v) is 4.02. The van der Waals surface area contributed by atoms with Gasteiger partial charge in [0.25, 0.3) is 10.0 Å². The van der Waals surface area contributed by atoms with Gasteiger partial charge in [0.1, 0.15) is 23.3 Å². The predicted octanol–water partition coefficient (Wildman–Crippen LogP) is 3.66. The second-order valence-electron chi connectivity index (χ2n) is 7.12. The lowest BCUT2D eigenvalue weighted by Gasteiger charge is -2.16. The van der Waals surface area contributed by atoms with Crippen LogP contribution in [0.5, 0.6) is 5.75 Å². The molecule has 3 rings (SSSR count). The molecule has 0 saturated carbocycles. The van der Waals surface area contributed by atoms with Crippen molar-refractivity contribution in [2.24, 2.45) is 0 Å². The van der Waals surface area contributed by atoms with Gasteiger partial charge in [0.2, 0.25) is 5.91 Å². The number of rotatable bonds is 8. The summed E-state index contributed by atoms with van der Waals surface area (Å²) < 4.78 is 39.1. The zero-order valence-corrected chi connectivity index (χ0v) is 18.9. The maximum Gasteiger partial charge on any atom is 0.405 e. The molecule has 0 aliphatic carbocycles. The van der Waals surface area contributed by atoms with Gasteiger partial charge in [0, 0.05) is 11.3 Å². The number of benzene rings is 2. The van der Waals surface area contributed by atoms with Gasteiger partial charge in [0.15, 0.2) is 0 Å². The number of ether oxygens (including phenoxy) is 1. The molecule has 11 heteroatoms. The van der Waals surface area contributed by atoms with Crippen LogP contribution >= 0.6 is 0 Å². The topological polar surface area (TPSA) is 147 Å². The molecule has 174 valence electrons. The summed E-state index contributed by atoms with van der Waals surface area (Å²) in [6.07, 6.45) is -1.34. The lowest BCUT2D eigenvalue weighted by molar-refractivity contribution is -0.117. The summed E-state index contributed by atoms with van der Waals surface area (Å²) in [6, 6.07) is 13.1. The van der Waals surface area contributed by atoms with Crippen LogP contribution in [0.15, 0.2) is 63.9 Å². The van der Waals surface area contributed by atoms with E-state index in [1.807, 2.05) is 18.3 Å². The first-order chi connectivity index (χ1) is 15.6. The second-order valence-corrected chi connectivity index (χ2v) is 8.80. The van der Waals surface area contributed by atoms with E-state index in [1.165, 1.54) is 44.4 Å². The number of amides is 2. The zero-order chi connectivity index (χ0) is 24.2. The van der Waals surface area contributed by atoms with Crippen LogP contribution in [0.2, 0.25) is 0 Å². The lowest BCUT2D eigenvalue weighted by Crippen LogP contribution is -2.40. The van der Waals surface area contributed by atoms with Gasteiger partial charge in [-0.3, -0.25) is 9.52 Å². The molecular weight excluding hydrogens is 450 g/mol. The van der Waals surface area contributed by atoms with E-state index >= 15 is 0 Å². The van der Waals surface area contributed by atoms with E-state index in [0.717, 1.165) is 11.3 Å². The van der Waals surface area contributed by atoms with Gasteiger partial charge in [-0.1, -0.05) is 0 Å². The number of sulfonamides is 1. The third kappa shape index (κ3) is 5.83. The molecule has 0 aliphatic heterocycles. The Morgan fingerprint density at radius 1 is 1.06 bits per heavy atom. The van der Waals surface area contributed by atoms with Crippen molar-refractivity contribution in [3.8, 4) is 17.1 Å². The first-order valence-corrected chi connectivity index (χ1v) is 11.3. The van der Waals surface area contributed by atoms with Gasteiger partial charge in [0.05, 0.1) is 17.7 Å². The maximum absolute atomic E-state index is 12.9. The molecule has 0 radical (unpaired) electrons. The Kier molecular flexibility index (Phi) is 6.92. The van der Waals surface area contributed by atoms with Gasteiger partial charge < -0.3 is 24.9 Å². The molecule has 0 spiro atoms. The van der Waals surface area contributed by atoms with Gasteiger partial charge in [-0.25, -0.2) is 13.2 Å². The third-order valence-corrected chi connectivity index (χ3v) is 6.02. The molecule has 1 heterocycles. The van der Waals surface area contributed by atoms with E-state index in [2.05, 4.69) is 10.0 Å². The van der Waals surface area contributed by atoms with Crippen LogP contribution < -0.4 is 20.1 Å². The first-order valence-electron chi connectivity index (χ1n) is 9.77. The minimum Gasteiger partial charge on any atom is -0.495 e. The molecule has 1 atom stereocenters. The van der Waals surface area contributed by atoms with Crippen LogP contribution in [0, 0.1) is 6.92 Å². The summed E-state index contributed by atoms with van der Waals surface area (Å²) in [7, 11) is -2.60. The number of carboxylic acid groups (broad SMARTS) is 1. The van der Waals surface area contributed by atoms with Crippen molar-refractivity contribution < 1.29 is 32.3 Å². The molecule has 0 unspecified atom stereocenters. The lowest BCUT2D eigenvalue weighted by atomic mass is 10.2. The highest BCUT2D eigenvalue weighted by molar-refractivity contribution is 7.92. The quantitative estimate of drug-likeness (QED) is 0.390. The largest absolute Gasteiger partial charge is 0.495 e. The molecule has 0 aliphatic rings. The van der Waals surface area contributed by atoms with Crippen molar-refractivity contribution in [1.82, 2.24) is 5.32 Å². The number of nitrogens with one attached hydrogen (secondary N) is 3.